The van der Waals surface area contributed by atoms with E-state index in [1.807, 2.05) is 6.08 Å². The molecule has 1 saturated heterocycles. The van der Waals surface area contributed by atoms with Crippen LogP contribution in [0.25, 0.3) is 0 Å². The molecular weight excluding hydrogens is 144 g/mol. The molecule has 1 rings (SSSR count). The largest absolute Gasteiger partial charge is 0.392 e. The van der Waals surface area contributed by atoms with E-state index in [-0.39, 0.29) is 12.9 Å². The SMILES string of the molecule is OC/C=C\CCC1OCCO1. The zero-order chi connectivity index (χ0) is 7.94. The maximum absolute atomic E-state index is 8.41. The Bertz CT molecular complexity index is 117. The van der Waals surface area contributed by atoms with Gasteiger partial charge in [0.25, 0.3) is 0 Å². The van der Waals surface area contributed by atoms with Gasteiger partial charge in [-0.1, -0.05) is 12.2 Å². The second-order valence-corrected chi connectivity index (χ2v) is 2.40. The van der Waals surface area contributed by atoms with Crippen molar-refractivity contribution in [1.29, 1.82) is 0 Å². The van der Waals surface area contributed by atoms with Gasteiger partial charge in [0.2, 0.25) is 0 Å². The van der Waals surface area contributed by atoms with Crippen LogP contribution in [0.15, 0.2) is 12.2 Å². The Morgan fingerprint density at radius 3 is 2.64 bits per heavy atom. The minimum atomic E-state index is -0.0154. The van der Waals surface area contributed by atoms with E-state index < -0.39 is 0 Å². The monoisotopic (exact) mass is 158 g/mol. The highest BCUT2D eigenvalue weighted by atomic mass is 16.7. The highest BCUT2D eigenvalue weighted by Gasteiger charge is 2.13. The van der Waals surface area contributed by atoms with Crippen LogP contribution in [0, 0.1) is 0 Å². The summed E-state index contributed by atoms with van der Waals surface area (Å²) in [5, 5.41) is 8.41. The first-order chi connectivity index (χ1) is 5.43. The van der Waals surface area contributed by atoms with Gasteiger partial charge in [-0.25, -0.2) is 0 Å². The van der Waals surface area contributed by atoms with Gasteiger partial charge in [0.05, 0.1) is 19.8 Å². The Labute approximate surface area is 66.6 Å². The van der Waals surface area contributed by atoms with E-state index in [1.165, 1.54) is 0 Å². The lowest BCUT2D eigenvalue weighted by Crippen LogP contribution is -2.05. The molecule has 0 aromatic carbocycles. The predicted molar refractivity (Wildman–Crippen MR) is 41.2 cm³/mol. The predicted octanol–water partition coefficient (Wildman–Crippen LogP) is 0.688. The van der Waals surface area contributed by atoms with E-state index >= 15 is 0 Å². The summed E-state index contributed by atoms with van der Waals surface area (Å²) in [7, 11) is 0. The number of ether oxygens (including phenoxy) is 2. The molecule has 1 fully saturated rings. The third-order valence-corrected chi connectivity index (χ3v) is 1.53. The van der Waals surface area contributed by atoms with E-state index in [2.05, 4.69) is 0 Å². The van der Waals surface area contributed by atoms with Crippen LogP contribution in [-0.4, -0.2) is 31.2 Å². The van der Waals surface area contributed by atoms with Crippen molar-refractivity contribution in [1.82, 2.24) is 0 Å². The average Bonchev–Trinajstić information content (AvgIpc) is 2.50. The van der Waals surface area contributed by atoms with Crippen LogP contribution in [0.3, 0.4) is 0 Å². The summed E-state index contributed by atoms with van der Waals surface area (Å²) in [6.45, 7) is 1.55. The molecule has 0 amide bonds. The molecule has 0 unspecified atom stereocenters. The number of rotatable bonds is 4. The Morgan fingerprint density at radius 2 is 2.00 bits per heavy atom. The molecule has 0 bridgehead atoms. The number of allylic oxidation sites excluding steroid dienone is 1. The summed E-state index contributed by atoms with van der Waals surface area (Å²) in [5.74, 6) is 0. The van der Waals surface area contributed by atoms with Crippen molar-refractivity contribution in [3.63, 3.8) is 0 Å². The molecule has 3 heteroatoms. The fourth-order valence-electron chi connectivity index (χ4n) is 0.999. The van der Waals surface area contributed by atoms with Crippen LogP contribution in [0.4, 0.5) is 0 Å². The Kier molecular flexibility index (Phi) is 4.19. The highest BCUT2D eigenvalue weighted by molar-refractivity contribution is 4.80. The van der Waals surface area contributed by atoms with Crippen molar-refractivity contribution < 1.29 is 14.6 Å². The van der Waals surface area contributed by atoms with Gasteiger partial charge in [0, 0.05) is 6.42 Å². The summed E-state index contributed by atoms with van der Waals surface area (Å²) in [6, 6.07) is 0. The molecule has 1 heterocycles. The van der Waals surface area contributed by atoms with Gasteiger partial charge < -0.3 is 14.6 Å². The molecule has 1 aliphatic rings. The van der Waals surface area contributed by atoms with Gasteiger partial charge in [-0.2, -0.15) is 0 Å². The molecule has 0 aliphatic carbocycles. The zero-order valence-corrected chi connectivity index (χ0v) is 6.53. The van der Waals surface area contributed by atoms with Crippen LogP contribution in [0.5, 0.6) is 0 Å². The number of hydrogen-bond donors (Lipinski definition) is 1. The third-order valence-electron chi connectivity index (χ3n) is 1.53. The second kappa shape index (κ2) is 5.29. The van der Waals surface area contributed by atoms with Crippen molar-refractivity contribution in [3.05, 3.63) is 12.2 Å². The molecule has 11 heavy (non-hydrogen) atoms. The first-order valence-electron chi connectivity index (χ1n) is 3.92. The molecule has 0 aromatic rings. The summed E-state index contributed by atoms with van der Waals surface area (Å²) < 4.78 is 10.4. The van der Waals surface area contributed by atoms with E-state index in [9.17, 15) is 0 Å². The second-order valence-electron chi connectivity index (χ2n) is 2.40. The standard InChI is InChI=1S/C8H14O3/c9-5-3-1-2-4-8-10-6-7-11-8/h1,3,8-9H,2,4-7H2/b3-1-. The van der Waals surface area contributed by atoms with Crippen molar-refractivity contribution in [2.75, 3.05) is 19.8 Å². The third kappa shape index (κ3) is 3.51. The lowest BCUT2D eigenvalue weighted by atomic mass is 10.3. The van der Waals surface area contributed by atoms with Crippen molar-refractivity contribution >= 4 is 0 Å². The smallest absolute Gasteiger partial charge is 0.158 e. The van der Waals surface area contributed by atoms with Crippen LogP contribution < -0.4 is 0 Å². The Morgan fingerprint density at radius 1 is 1.27 bits per heavy atom. The lowest BCUT2D eigenvalue weighted by Gasteiger charge is -2.05. The minimum Gasteiger partial charge on any atom is -0.392 e. The molecule has 1 aliphatic heterocycles. The van der Waals surface area contributed by atoms with Gasteiger partial charge in [-0.15, -0.1) is 0 Å². The maximum atomic E-state index is 8.41. The number of aliphatic hydroxyl groups excluding tert-OH is 1. The fraction of sp³-hybridized carbons (Fsp3) is 0.750. The Balaban J connectivity index is 1.97. The van der Waals surface area contributed by atoms with Crippen molar-refractivity contribution in [2.24, 2.45) is 0 Å². The summed E-state index contributed by atoms with van der Waals surface area (Å²) in [6.07, 6.45) is 5.44. The van der Waals surface area contributed by atoms with Crippen LogP contribution in [0.2, 0.25) is 0 Å². The van der Waals surface area contributed by atoms with Crippen LogP contribution >= 0.6 is 0 Å². The van der Waals surface area contributed by atoms with Crippen LogP contribution in [-0.2, 0) is 9.47 Å². The first-order valence-corrected chi connectivity index (χ1v) is 3.92. The van der Waals surface area contributed by atoms with Gasteiger partial charge in [0.15, 0.2) is 6.29 Å². The molecular formula is C8H14O3. The van der Waals surface area contributed by atoms with E-state index in [0.29, 0.717) is 13.2 Å². The highest BCUT2D eigenvalue weighted by Crippen LogP contribution is 2.09. The Hall–Kier alpha value is -0.380. The first kappa shape index (κ1) is 8.71. The molecule has 0 spiro atoms. The minimum absolute atomic E-state index is 0.0154. The van der Waals surface area contributed by atoms with E-state index in [0.717, 1.165) is 12.8 Å². The zero-order valence-electron chi connectivity index (χ0n) is 6.53. The number of hydrogen-bond acceptors (Lipinski definition) is 3. The summed E-state index contributed by atoms with van der Waals surface area (Å²) in [4.78, 5) is 0. The molecule has 3 nitrogen and oxygen atoms in total. The van der Waals surface area contributed by atoms with Gasteiger partial charge in [0.1, 0.15) is 0 Å². The van der Waals surface area contributed by atoms with Crippen molar-refractivity contribution in [2.45, 2.75) is 19.1 Å². The quantitative estimate of drug-likeness (QED) is 0.612. The van der Waals surface area contributed by atoms with Crippen molar-refractivity contribution in [3.8, 4) is 0 Å². The molecule has 1 N–H and O–H groups in total. The van der Waals surface area contributed by atoms with E-state index in [4.69, 9.17) is 14.6 Å². The summed E-state index contributed by atoms with van der Waals surface area (Å²) in [5.41, 5.74) is 0. The van der Waals surface area contributed by atoms with E-state index in [1.54, 1.807) is 6.08 Å². The topological polar surface area (TPSA) is 38.7 Å². The molecule has 0 aromatic heterocycles. The lowest BCUT2D eigenvalue weighted by molar-refractivity contribution is -0.0457. The molecule has 64 valence electrons. The molecule has 0 atom stereocenters. The molecule has 0 saturated carbocycles. The van der Waals surface area contributed by atoms with Gasteiger partial charge in [-0.05, 0) is 6.42 Å². The van der Waals surface area contributed by atoms with Gasteiger partial charge >= 0.3 is 0 Å². The number of aliphatic hydroxyl groups is 1. The molecule has 0 radical (unpaired) electrons. The van der Waals surface area contributed by atoms with Crippen LogP contribution in [0.1, 0.15) is 12.8 Å². The average molecular weight is 158 g/mol. The normalized spacial score (nSPS) is 20.1. The maximum Gasteiger partial charge on any atom is 0.158 e. The summed E-state index contributed by atoms with van der Waals surface area (Å²) >= 11 is 0. The fourth-order valence-corrected chi connectivity index (χ4v) is 0.999. The van der Waals surface area contributed by atoms with Gasteiger partial charge in [-0.3, -0.25) is 0 Å².